The molecule has 2 unspecified atom stereocenters. The Morgan fingerprint density at radius 3 is 1.31 bits per heavy atom. The number of H-pyrrole nitrogens is 2. The van der Waals surface area contributed by atoms with Gasteiger partial charge in [0.05, 0.1) is 13.2 Å². The quantitative estimate of drug-likeness (QED) is 0.0551. The Kier molecular flexibility index (Phi) is 17.1. The van der Waals surface area contributed by atoms with Crippen LogP contribution in [0.2, 0.25) is 0 Å². The van der Waals surface area contributed by atoms with Crippen LogP contribution in [0.15, 0.2) is 97.3 Å². The van der Waals surface area contributed by atoms with Gasteiger partial charge < -0.3 is 30.0 Å². The molecule has 4 aromatic carbocycles. The van der Waals surface area contributed by atoms with E-state index in [9.17, 15) is 46.1 Å². The van der Waals surface area contributed by atoms with Crippen LogP contribution >= 0.6 is 0 Å². The number of nitrogens with one attached hydrogen (secondary N) is 2. The van der Waals surface area contributed by atoms with E-state index in [-0.39, 0.29) is 66.0 Å². The van der Waals surface area contributed by atoms with Crippen molar-refractivity contribution < 1.29 is 46.1 Å². The molecule has 10 nitrogen and oxygen atoms in total. The first-order valence-electron chi connectivity index (χ1n) is 25.9. The smallest absolute Gasteiger partial charge is 0.246 e. The van der Waals surface area contributed by atoms with Crippen molar-refractivity contribution in [1.29, 1.82) is 0 Å². The van der Waals surface area contributed by atoms with Gasteiger partial charge in [0, 0.05) is 84.6 Å². The lowest BCUT2D eigenvalue weighted by Crippen LogP contribution is -2.50. The monoisotopic (exact) mass is 1020 g/mol. The number of halogens is 6. The van der Waals surface area contributed by atoms with Gasteiger partial charge in [-0.2, -0.15) is 0 Å². The number of piperidine rings is 4. The number of carbonyl (C=O) groups excluding carboxylic acids is 2. The second-order valence-electron chi connectivity index (χ2n) is 20.3. The van der Waals surface area contributed by atoms with Gasteiger partial charge in [-0.25, -0.2) is 26.3 Å². The summed E-state index contributed by atoms with van der Waals surface area (Å²) < 4.78 is 80.6. The molecule has 4 fully saturated rings. The highest BCUT2D eigenvalue weighted by Gasteiger charge is 2.36. The van der Waals surface area contributed by atoms with Gasteiger partial charge in [0.2, 0.25) is 11.8 Å². The van der Waals surface area contributed by atoms with E-state index in [2.05, 4.69) is 19.8 Å². The molecule has 4 aliphatic heterocycles. The summed E-state index contributed by atoms with van der Waals surface area (Å²) in [6.45, 7) is 6.02. The summed E-state index contributed by atoms with van der Waals surface area (Å²) in [4.78, 5) is 40.0. The van der Waals surface area contributed by atoms with Crippen molar-refractivity contribution in [2.75, 3.05) is 65.6 Å². The van der Waals surface area contributed by atoms with Gasteiger partial charge in [0.15, 0.2) is 17.5 Å². The largest absolute Gasteiger partial charge is 0.395 e. The van der Waals surface area contributed by atoms with E-state index < -0.39 is 17.5 Å². The maximum absolute atomic E-state index is 13.8. The van der Waals surface area contributed by atoms with Crippen molar-refractivity contribution in [2.24, 2.45) is 11.8 Å². The highest BCUT2D eigenvalue weighted by atomic mass is 19.2. The predicted molar refractivity (Wildman–Crippen MR) is 275 cm³/mol. The molecule has 0 aliphatic carbocycles. The van der Waals surface area contributed by atoms with Crippen molar-refractivity contribution in [1.82, 2.24) is 29.6 Å². The molecule has 0 radical (unpaired) electrons. The molecule has 4 N–H and O–H groups in total. The van der Waals surface area contributed by atoms with E-state index in [1.54, 1.807) is 53.5 Å². The molecular formula is C58H64F6N6O4. The summed E-state index contributed by atoms with van der Waals surface area (Å²) >= 11 is 0. The summed E-state index contributed by atoms with van der Waals surface area (Å²) in [7, 11) is 0. The van der Waals surface area contributed by atoms with Crippen molar-refractivity contribution >= 4 is 45.8 Å². The summed E-state index contributed by atoms with van der Waals surface area (Å²) in [6.07, 6.45) is 16.8. The van der Waals surface area contributed by atoms with Gasteiger partial charge in [0.1, 0.15) is 17.5 Å². The first-order chi connectivity index (χ1) is 35.8. The van der Waals surface area contributed by atoms with Crippen LogP contribution in [-0.2, 0) is 9.59 Å². The van der Waals surface area contributed by atoms with E-state index >= 15 is 0 Å². The minimum Gasteiger partial charge on any atom is -0.395 e. The van der Waals surface area contributed by atoms with E-state index in [1.807, 2.05) is 17.3 Å². The molecule has 16 heteroatoms. The average molecular weight is 1020 g/mol. The molecule has 6 heterocycles. The van der Waals surface area contributed by atoms with E-state index in [4.69, 9.17) is 0 Å². The van der Waals surface area contributed by atoms with Crippen LogP contribution in [-0.4, -0.2) is 129 Å². The molecule has 6 aromatic rings. The van der Waals surface area contributed by atoms with Gasteiger partial charge in [-0.3, -0.25) is 19.4 Å². The first kappa shape index (κ1) is 52.7. The van der Waals surface area contributed by atoms with Gasteiger partial charge in [-0.1, -0.05) is 12.1 Å². The fraction of sp³-hybridized carbons (Fsp3) is 0.414. The predicted octanol–water partition coefficient (Wildman–Crippen LogP) is 10.2. The molecule has 0 spiro atoms. The third kappa shape index (κ3) is 12.3. The molecular weight excluding hydrogens is 959 g/mol. The Morgan fingerprint density at radius 1 is 0.514 bits per heavy atom. The number of hydrogen-bond acceptors (Lipinski definition) is 6. The zero-order chi connectivity index (χ0) is 51.9. The summed E-state index contributed by atoms with van der Waals surface area (Å²) in [6, 6.07) is 17.6. The Balaban J connectivity index is 0.000000182. The van der Waals surface area contributed by atoms with Crippen LogP contribution in [0, 0.1) is 46.7 Å². The maximum atomic E-state index is 13.8. The van der Waals surface area contributed by atoms with Gasteiger partial charge >= 0.3 is 0 Å². The Bertz CT molecular complexity index is 2900. The summed E-state index contributed by atoms with van der Waals surface area (Å²) in [5.41, 5.74) is 5.10. The molecule has 4 aliphatic rings. The number of likely N-dealkylation sites (tertiary alicyclic amines) is 4. The van der Waals surface area contributed by atoms with E-state index in [0.717, 1.165) is 123 Å². The number of benzene rings is 4. The third-order valence-electron chi connectivity index (χ3n) is 16.1. The van der Waals surface area contributed by atoms with Crippen molar-refractivity contribution in [2.45, 2.75) is 75.3 Å². The van der Waals surface area contributed by atoms with Crippen LogP contribution in [0.3, 0.4) is 0 Å². The molecule has 2 aromatic heterocycles. The standard InChI is InChI=1S/C29H31F4N3O2.C29H33F2N3O2/c30-21-2-3-26-22(15-21)23(16-34-26)19-5-9-35(10-6-19)27(17-37)20-7-11-36(12-8-20)28(38)4-1-18-13-24(31)29(33)25(32)14-18;30-23-4-1-20(2-5-23)3-8-29(36)34-15-11-22(12-16-34)28(19-35)33-13-9-21(10-14-33)26-18-32-27-7-6-24(31)17-25(26)27/h1-4,13-16,19-20,27,34,37H,5-12,17H2;1-8,17-18,21-22,28,32,35H,9-16,19H2/b4-1+;8-3+. The molecule has 392 valence electrons. The molecule has 2 amide bonds. The number of nitrogens with zero attached hydrogens (tertiary/aromatic N) is 4. The Labute approximate surface area is 427 Å². The van der Waals surface area contributed by atoms with Gasteiger partial charge in [-0.15, -0.1) is 0 Å². The van der Waals surface area contributed by atoms with Crippen LogP contribution in [0.5, 0.6) is 0 Å². The topological polar surface area (TPSA) is 119 Å². The van der Waals surface area contributed by atoms with Crippen molar-refractivity contribution in [3.8, 4) is 0 Å². The molecule has 0 bridgehead atoms. The number of aromatic amines is 2. The minimum atomic E-state index is -1.54. The SMILES string of the molecule is O=C(/C=C/c1cc(F)c(F)c(F)c1)N1CCC(C(CO)N2CCC(c3c[nH]c4ccc(F)cc34)CC2)CC1.O=C(/C=C/c1ccc(F)cc1)N1CCC(C(CO)N2CCC(c3c[nH]c4ccc(F)cc34)CC2)CC1. The maximum Gasteiger partial charge on any atom is 0.246 e. The molecule has 2 atom stereocenters. The fourth-order valence-electron chi connectivity index (χ4n) is 11.9. The van der Waals surface area contributed by atoms with Crippen LogP contribution in [0.25, 0.3) is 34.0 Å². The summed E-state index contributed by atoms with van der Waals surface area (Å²) in [5.74, 6) is -3.89. The van der Waals surface area contributed by atoms with Crippen LogP contribution in [0.4, 0.5) is 26.3 Å². The Morgan fingerprint density at radius 2 is 0.905 bits per heavy atom. The third-order valence-corrected chi connectivity index (χ3v) is 16.1. The molecule has 74 heavy (non-hydrogen) atoms. The van der Waals surface area contributed by atoms with E-state index in [1.165, 1.54) is 42.0 Å². The molecule has 10 rings (SSSR count). The second kappa shape index (κ2) is 24.0. The van der Waals surface area contributed by atoms with Crippen LogP contribution in [0.1, 0.15) is 85.5 Å². The fourth-order valence-corrected chi connectivity index (χ4v) is 11.9. The zero-order valence-electron chi connectivity index (χ0n) is 41.4. The lowest BCUT2D eigenvalue weighted by atomic mass is 9.84. The van der Waals surface area contributed by atoms with Crippen molar-refractivity contribution in [3.05, 3.63) is 154 Å². The average Bonchev–Trinajstić information content (AvgIpc) is 4.04. The first-order valence-corrected chi connectivity index (χ1v) is 25.9. The number of aromatic nitrogens is 2. The zero-order valence-corrected chi connectivity index (χ0v) is 41.4. The lowest BCUT2D eigenvalue weighted by Gasteiger charge is -2.43. The minimum absolute atomic E-state index is 0.00863. The number of hydrogen-bond donors (Lipinski definition) is 4. The number of aliphatic hydroxyl groups is 2. The highest BCUT2D eigenvalue weighted by molar-refractivity contribution is 5.92. The number of carbonyl (C=O) groups is 2. The highest BCUT2D eigenvalue weighted by Crippen LogP contribution is 2.38. The lowest BCUT2D eigenvalue weighted by molar-refractivity contribution is -0.128. The number of amides is 2. The normalized spacial score (nSPS) is 19.2. The van der Waals surface area contributed by atoms with Crippen molar-refractivity contribution in [3.63, 3.8) is 0 Å². The number of fused-ring (bicyclic) bond motifs is 2. The second-order valence-corrected chi connectivity index (χ2v) is 20.3. The number of aliphatic hydroxyl groups excluding tert-OH is 2. The number of rotatable bonds is 12. The summed E-state index contributed by atoms with van der Waals surface area (Å²) in [5, 5.41) is 22.4. The molecule has 0 saturated carbocycles. The Hall–Kier alpha value is -6.20. The molecule has 4 saturated heterocycles. The van der Waals surface area contributed by atoms with E-state index in [0.29, 0.717) is 43.9 Å². The van der Waals surface area contributed by atoms with Gasteiger partial charge in [-0.05, 0) is 196 Å². The van der Waals surface area contributed by atoms with Crippen LogP contribution < -0.4 is 0 Å². The van der Waals surface area contributed by atoms with Gasteiger partial charge in [0.25, 0.3) is 0 Å².